The highest BCUT2D eigenvalue weighted by Gasteiger charge is 2.23. The van der Waals surface area contributed by atoms with Crippen molar-refractivity contribution < 1.29 is 4.48 Å². The molecule has 2 heterocycles. The van der Waals surface area contributed by atoms with Gasteiger partial charge in [0, 0.05) is 14.1 Å². The Morgan fingerprint density at radius 2 is 1.90 bits per heavy atom. The van der Waals surface area contributed by atoms with Crippen LogP contribution < -0.4 is 16.0 Å². The van der Waals surface area contributed by atoms with E-state index in [0.717, 1.165) is 23.7 Å². The predicted molar refractivity (Wildman–Crippen MR) is 86.5 cm³/mol. The zero-order valence-corrected chi connectivity index (χ0v) is 13.0. The minimum atomic E-state index is 0.940. The van der Waals surface area contributed by atoms with Gasteiger partial charge in [-0.1, -0.05) is 0 Å². The number of likely N-dealkylation sites (N-methyl/N-ethyl adjacent to an activating group) is 1. The average molecular weight is 278 g/mol. The van der Waals surface area contributed by atoms with E-state index in [2.05, 4.69) is 34.0 Å². The Labute approximate surface area is 122 Å². The van der Waals surface area contributed by atoms with Gasteiger partial charge in [0.05, 0.1) is 50.8 Å². The van der Waals surface area contributed by atoms with E-state index in [4.69, 9.17) is 0 Å². The standard InChI is InChI=1S/C15H28N5/c1-16-13-11-14(17-2)15(19-12-13)18-7-10-20(3)8-5-4-6-9-20/h11-12,16-17H,4-10H2,1-3H3,(H,18,19)/q+1. The number of likely N-dealkylation sites (tertiary alicyclic amines) is 1. The SMILES string of the molecule is CNc1cnc(NCC[N+]2(C)CCCCC2)c(NC)c1. The average Bonchev–Trinajstić information content (AvgIpc) is 2.48. The van der Waals surface area contributed by atoms with Crippen molar-refractivity contribution in [2.45, 2.75) is 19.3 Å². The summed E-state index contributed by atoms with van der Waals surface area (Å²) in [4.78, 5) is 4.48. The lowest BCUT2D eigenvalue weighted by atomic mass is 10.1. The van der Waals surface area contributed by atoms with E-state index >= 15 is 0 Å². The van der Waals surface area contributed by atoms with Gasteiger partial charge in [-0.3, -0.25) is 0 Å². The second kappa shape index (κ2) is 6.79. The van der Waals surface area contributed by atoms with Crippen molar-refractivity contribution in [2.75, 3.05) is 63.3 Å². The molecular formula is C15H28N5+. The Kier molecular flexibility index (Phi) is 5.06. The molecule has 5 heteroatoms. The number of hydrogen-bond acceptors (Lipinski definition) is 4. The van der Waals surface area contributed by atoms with Gasteiger partial charge >= 0.3 is 0 Å². The lowest BCUT2D eigenvalue weighted by molar-refractivity contribution is -0.912. The summed E-state index contributed by atoms with van der Waals surface area (Å²) in [5.41, 5.74) is 2.06. The number of rotatable bonds is 6. The summed E-state index contributed by atoms with van der Waals surface area (Å²) in [7, 11) is 6.21. The molecule has 0 saturated carbocycles. The van der Waals surface area contributed by atoms with Gasteiger partial charge < -0.3 is 20.4 Å². The fraction of sp³-hybridized carbons (Fsp3) is 0.667. The fourth-order valence-corrected chi connectivity index (χ4v) is 2.88. The molecule has 2 rings (SSSR count). The number of nitrogens with one attached hydrogen (secondary N) is 3. The largest absolute Gasteiger partial charge is 0.387 e. The summed E-state index contributed by atoms with van der Waals surface area (Å²) >= 11 is 0. The van der Waals surface area contributed by atoms with Crippen LogP contribution in [0.3, 0.4) is 0 Å². The van der Waals surface area contributed by atoms with Gasteiger partial charge in [0.25, 0.3) is 0 Å². The molecule has 5 nitrogen and oxygen atoms in total. The van der Waals surface area contributed by atoms with Crippen LogP contribution in [0.25, 0.3) is 0 Å². The van der Waals surface area contributed by atoms with E-state index in [0.29, 0.717) is 0 Å². The number of quaternary nitrogens is 1. The van der Waals surface area contributed by atoms with Crippen LogP contribution in [-0.2, 0) is 0 Å². The van der Waals surface area contributed by atoms with Crippen LogP contribution in [0, 0.1) is 0 Å². The highest BCUT2D eigenvalue weighted by molar-refractivity contribution is 5.68. The minimum Gasteiger partial charge on any atom is -0.387 e. The maximum atomic E-state index is 4.48. The molecule has 0 aromatic carbocycles. The molecule has 1 aromatic heterocycles. The second-order valence-electron chi connectivity index (χ2n) is 5.90. The van der Waals surface area contributed by atoms with Gasteiger partial charge in [-0.15, -0.1) is 0 Å². The van der Waals surface area contributed by atoms with Gasteiger partial charge in [-0.05, 0) is 25.3 Å². The summed E-state index contributed by atoms with van der Waals surface area (Å²) in [6.45, 7) is 4.76. The van der Waals surface area contributed by atoms with Crippen molar-refractivity contribution in [1.82, 2.24) is 4.98 Å². The first-order valence-corrected chi connectivity index (χ1v) is 7.60. The fourth-order valence-electron chi connectivity index (χ4n) is 2.88. The third-order valence-corrected chi connectivity index (χ3v) is 4.29. The topological polar surface area (TPSA) is 49.0 Å². The highest BCUT2D eigenvalue weighted by Crippen LogP contribution is 2.22. The zero-order chi connectivity index (χ0) is 14.4. The Morgan fingerprint density at radius 1 is 1.15 bits per heavy atom. The Hall–Kier alpha value is -1.49. The number of nitrogens with zero attached hydrogens (tertiary/aromatic N) is 2. The van der Waals surface area contributed by atoms with Gasteiger partial charge in [0.2, 0.25) is 0 Å². The van der Waals surface area contributed by atoms with Crippen molar-refractivity contribution in [3.05, 3.63) is 12.3 Å². The van der Waals surface area contributed by atoms with Crippen molar-refractivity contribution in [2.24, 2.45) is 0 Å². The molecule has 1 fully saturated rings. The van der Waals surface area contributed by atoms with Crippen LogP contribution in [-0.4, -0.2) is 56.8 Å². The van der Waals surface area contributed by atoms with Crippen molar-refractivity contribution in [3.8, 4) is 0 Å². The molecule has 0 amide bonds. The normalized spacial score (nSPS) is 17.6. The monoisotopic (exact) mass is 278 g/mol. The van der Waals surface area contributed by atoms with E-state index < -0.39 is 0 Å². The summed E-state index contributed by atoms with van der Waals surface area (Å²) in [6.07, 6.45) is 6.00. The molecule has 1 saturated heterocycles. The van der Waals surface area contributed by atoms with Gasteiger partial charge in [-0.2, -0.15) is 0 Å². The van der Waals surface area contributed by atoms with Gasteiger partial charge in [-0.25, -0.2) is 4.98 Å². The molecule has 1 aromatic rings. The summed E-state index contributed by atoms with van der Waals surface area (Å²) in [5, 5.41) is 9.78. The number of piperidine rings is 1. The first-order chi connectivity index (χ1) is 9.67. The molecule has 0 aliphatic carbocycles. The van der Waals surface area contributed by atoms with E-state index in [1.165, 1.54) is 43.4 Å². The molecule has 0 atom stereocenters. The summed E-state index contributed by atoms with van der Waals surface area (Å²) in [5.74, 6) is 0.940. The van der Waals surface area contributed by atoms with E-state index in [1.807, 2.05) is 20.3 Å². The zero-order valence-electron chi connectivity index (χ0n) is 13.0. The molecule has 0 spiro atoms. The molecule has 0 unspecified atom stereocenters. The van der Waals surface area contributed by atoms with Crippen molar-refractivity contribution in [1.29, 1.82) is 0 Å². The molecule has 112 valence electrons. The quantitative estimate of drug-likeness (QED) is 0.698. The van der Waals surface area contributed by atoms with E-state index in [-0.39, 0.29) is 0 Å². The van der Waals surface area contributed by atoms with Crippen LogP contribution in [0.1, 0.15) is 19.3 Å². The maximum Gasteiger partial charge on any atom is 0.149 e. The minimum absolute atomic E-state index is 0.940. The Balaban J connectivity index is 1.90. The van der Waals surface area contributed by atoms with Gasteiger partial charge in [0.15, 0.2) is 0 Å². The summed E-state index contributed by atoms with van der Waals surface area (Å²) < 4.78 is 1.19. The van der Waals surface area contributed by atoms with Crippen LogP contribution in [0.2, 0.25) is 0 Å². The number of pyridine rings is 1. The first kappa shape index (κ1) is 14.9. The highest BCUT2D eigenvalue weighted by atomic mass is 15.3. The number of anilines is 3. The third kappa shape index (κ3) is 3.76. The Morgan fingerprint density at radius 3 is 2.55 bits per heavy atom. The maximum absolute atomic E-state index is 4.48. The number of aromatic nitrogens is 1. The first-order valence-electron chi connectivity index (χ1n) is 7.60. The van der Waals surface area contributed by atoms with Crippen molar-refractivity contribution >= 4 is 17.2 Å². The molecular weight excluding hydrogens is 250 g/mol. The van der Waals surface area contributed by atoms with E-state index in [9.17, 15) is 0 Å². The molecule has 0 bridgehead atoms. The number of hydrogen-bond donors (Lipinski definition) is 3. The third-order valence-electron chi connectivity index (χ3n) is 4.29. The lowest BCUT2D eigenvalue weighted by Gasteiger charge is -2.37. The van der Waals surface area contributed by atoms with Crippen molar-refractivity contribution in [3.63, 3.8) is 0 Å². The molecule has 20 heavy (non-hydrogen) atoms. The second-order valence-corrected chi connectivity index (χ2v) is 5.90. The smallest absolute Gasteiger partial charge is 0.149 e. The predicted octanol–water partition coefficient (Wildman–Crippen LogP) is 2.21. The molecule has 3 N–H and O–H groups in total. The Bertz CT molecular complexity index is 426. The van der Waals surface area contributed by atoms with E-state index in [1.54, 1.807) is 0 Å². The molecule has 1 aliphatic heterocycles. The molecule has 1 aliphatic rings. The lowest BCUT2D eigenvalue weighted by Crippen LogP contribution is -2.50. The van der Waals surface area contributed by atoms with Crippen LogP contribution in [0.15, 0.2) is 12.3 Å². The van der Waals surface area contributed by atoms with Gasteiger partial charge in [0.1, 0.15) is 5.82 Å². The molecule has 0 radical (unpaired) electrons. The summed E-state index contributed by atoms with van der Waals surface area (Å²) in [6, 6.07) is 2.08. The van der Waals surface area contributed by atoms with Crippen LogP contribution in [0.5, 0.6) is 0 Å². The van der Waals surface area contributed by atoms with Crippen LogP contribution in [0.4, 0.5) is 17.2 Å². The van der Waals surface area contributed by atoms with Crippen LogP contribution >= 0.6 is 0 Å².